The zero-order chi connectivity index (χ0) is 16.8. The number of carbonyl (C=O) groups excluding carboxylic acids is 2. The van der Waals surface area contributed by atoms with Crippen LogP contribution in [0.2, 0.25) is 5.02 Å². The predicted octanol–water partition coefficient (Wildman–Crippen LogP) is 2.25. The number of nitrogens with zero attached hydrogens (tertiary/aromatic N) is 3. The van der Waals surface area contributed by atoms with Crippen molar-refractivity contribution in [3.63, 3.8) is 0 Å². The van der Waals surface area contributed by atoms with Crippen molar-refractivity contribution in [1.82, 2.24) is 4.90 Å². The number of hydrogen-bond donors (Lipinski definition) is 1. The Bertz CT molecular complexity index is 633. The van der Waals surface area contributed by atoms with E-state index in [1.54, 1.807) is 12.1 Å². The molecule has 1 aromatic carbocycles. The van der Waals surface area contributed by atoms with E-state index in [0.717, 1.165) is 5.69 Å². The quantitative estimate of drug-likeness (QED) is 0.916. The molecule has 0 spiro atoms. The fourth-order valence-corrected chi connectivity index (χ4v) is 2.74. The zero-order valence-corrected chi connectivity index (χ0v) is 13.8. The van der Waals surface area contributed by atoms with Crippen molar-refractivity contribution in [3.8, 4) is 6.07 Å². The Morgan fingerprint density at radius 3 is 2.61 bits per heavy atom. The Hall–Kier alpha value is -2.26. The number of anilines is 2. The van der Waals surface area contributed by atoms with E-state index in [4.69, 9.17) is 16.9 Å². The van der Waals surface area contributed by atoms with Gasteiger partial charge in [-0.15, -0.1) is 0 Å². The summed E-state index contributed by atoms with van der Waals surface area (Å²) in [4.78, 5) is 27.4. The third-order valence-electron chi connectivity index (χ3n) is 3.75. The Balaban J connectivity index is 2.12. The van der Waals surface area contributed by atoms with Crippen LogP contribution in [0.4, 0.5) is 11.4 Å². The second-order valence-corrected chi connectivity index (χ2v) is 5.70. The molecule has 122 valence electrons. The minimum atomic E-state index is -0.365. The molecular weight excluding hydrogens is 316 g/mol. The second-order valence-electron chi connectivity index (χ2n) is 5.27. The molecule has 1 aliphatic rings. The van der Waals surface area contributed by atoms with Crippen molar-refractivity contribution in [2.45, 2.75) is 19.8 Å². The molecule has 0 aromatic heterocycles. The van der Waals surface area contributed by atoms with Crippen LogP contribution < -0.4 is 10.2 Å². The van der Waals surface area contributed by atoms with Crippen molar-refractivity contribution in [1.29, 1.82) is 5.26 Å². The molecule has 0 unspecified atom stereocenters. The molecule has 0 radical (unpaired) electrons. The fourth-order valence-electron chi connectivity index (χ4n) is 2.57. The molecule has 1 saturated heterocycles. The molecule has 7 heteroatoms. The summed E-state index contributed by atoms with van der Waals surface area (Å²) in [6.45, 7) is 4.54. The van der Waals surface area contributed by atoms with Crippen LogP contribution in [0.3, 0.4) is 0 Å². The van der Waals surface area contributed by atoms with Crippen molar-refractivity contribution >= 4 is 34.8 Å². The maximum Gasteiger partial charge on any atom is 0.238 e. The highest BCUT2D eigenvalue weighted by atomic mass is 35.5. The molecule has 2 amide bonds. The van der Waals surface area contributed by atoms with Gasteiger partial charge in [-0.05, 0) is 18.2 Å². The summed E-state index contributed by atoms with van der Waals surface area (Å²) in [5, 5.41) is 11.8. The van der Waals surface area contributed by atoms with Crippen molar-refractivity contribution in [2.24, 2.45) is 0 Å². The van der Waals surface area contributed by atoms with E-state index >= 15 is 0 Å². The van der Waals surface area contributed by atoms with Crippen LogP contribution in [-0.4, -0.2) is 42.9 Å². The van der Waals surface area contributed by atoms with E-state index in [0.29, 0.717) is 43.3 Å². The molecular formula is C16H19ClN4O2. The van der Waals surface area contributed by atoms with E-state index in [-0.39, 0.29) is 18.2 Å². The lowest BCUT2D eigenvalue weighted by Gasteiger charge is -2.37. The highest BCUT2D eigenvalue weighted by Gasteiger charge is 2.22. The normalized spacial score (nSPS) is 14.3. The molecule has 0 bridgehead atoms. The van der Waals surface area contributed by atoms with Crippen LogP contribution in [0.15, 0.2) is 18.2 Å². The van der Waals surface area contributed by atoms with E-state index in [1.165, 1.54) is 0 Å². The van der Waals surface area contributed by atoms with Crippen LogP contribution >= 0.6 is 11.6 Å². The van der Waals surface area contributed by atoms with Gasteiger partial charge in [-0.2, -0.15) is 5.26 Å². The molecule has 1 N–H and O–H groups in total. The minimum Gasteiger partial charge on any atom is -0.366 e. The number of amides is 2. The van der Waals surface area contributed by atoms with Crippen LogP contribution in [-0.2, 0) is 9.59 Å². The molecule has 0 saturated carbocycles. The fraction of sp³-hybridized carbons (Fsp3) is 0.438. The molecule has 6 nitrogen and oxygen atoms in total. The standard InChI is InChI=1S/C16H19ClN4O2/c1-2-16(23)21-9-7-20(8-10-21)14-4-3-12(17)11-13(14)19-15(22)5-6-18/h3-4,11H,2,5,7-10H2,1H3,(H,19,22). The van der Waals surface area contributed by atoms with E-state index in [1.807, 2.05) is 24.0 Å². The summed E-state index contributed by atoms with van der Waals surface area (Å²) in [6.07, 6.45) is 0.307. The lowest BCUT2D eigenvalue weighted by molar-refractivity contribution is -0.131. The van der Waals surface area contributed by atoms with Gasteiger partial charge < -0.3 is 15.1 Å². The summed E-state index contributed by atoms with van der Waals surface area (Å²) in [5.41, 5.74) is 1.44. The average molecular weight is 335 g/mol. The Morgan fingerprint density at radius 1 is 1.30 bits per heavy atom. The number of hydrogen-bond acceptors (Lipinski definition) is 4. The molecule has 0 aliphatic carbocycles. The van der Waals surface area contributed by atoms with E-state index in [2.05, 4.69) is 10.2 Å². The zero-order valence-electron chi connectivity index (χ0n) is 13.0. The molecule has 1 fully saturated rings. The number of halogens is 1. The first-order valence-electron chi connectivity index (χ1n) is 7.54. The number of nitriles is 1. The molecule has 1 aromatic rings. The van der Waals surface area contributed by atoms with E-state index in [9.17, 15) is 9.59 Å². The largest absolute Gasteiger partial charge is 0.366 e. The SMILES string of the molecule is CCC(=O)N1CCN(c2ccc(Cl)cc2NC(=O)CC#N)CC1. The summed E-state index contributed by atoms with van der Waals surface area (Å²) in [5.74, 6) is -0.209. The minimum absolute atomic E-state index is 0.156. The maximum atomic E-state index is 11.7. The van der Waals surface area contributed by atoms with Gasteiger partial charge >= 0.3 is 0 Å². The maximum absolute atomic E-state index is 11.7. The number of benzene rings is 1. The highest BCUT2D eigenvalue weighted by molar-refractivity contribution is 6.31. The highest BCUT2D eigenvalue weighted by Crippen LogP contribution is 2.30. The first-order valence-corrected chi connectivity index (χ1v) is 7.92. The van der Waals surface area contributed by atoms with Gasteiger partial charge in [0.15, 0.2) is 0 Å². The number of nitrogens with one attached hydrogen (secondary N) is 1. The van der Waals surface area contributed by atoms with Gasteiger partial charge in [-0.1, -0.05) is 18.5 Å². The molecule has 1 aliphatic heterocycles. The summed E-state index contributed by atoms with van der Waals surface area (Å²) in [6, 6.07) is 7.11. The summed E-state index contributed by atoms with van der Waals surface area (Å²) in [7, 11) is 0. The third-order valence-corrected chi connectivity index (χ3v) is 3.98. The summed E-state index contributed by atoms with van der Waals surface area (Å²) >= 11 is 6.01. The van der Waals surface area contributed by atoms with Gasteiger partial charge in [0, 0.05) is 37.6 Å². The molecule has 2 rings (SSSR count). The number of piperazine rings is 1. The third kappa shape index (κ3) is 4.36. The lowest BCUT2D eigenvalue weighted by atomic mass is 10.2. The van der Waals surface area contributed by atoms with Crippen LogP contribution in [0, 0.1) is 11.3 Å². The Kier molecular flexibility index (Phi) is 5.83. The number of carbonyl (C=O) groups is 2. The number of rotatable bonds is 4. The second kappa shape index (κ2) is 7.84. The summed E-state index contributed by atoms with van der Waals surface area (Å²) < 4.78 is 0. The van der Waals surface area contributed by atoms with Gasteiger partial charge in [0.25, 0.3) is 0 Å². The molecule has 23 heavy (non-hydrogen) atoms. The first kappa shape index (κ1) is 17.1. The van der Waals surface area contributed by atoms with Gasteiger partial charge in [0.1, 0.15) is 6.42 Å². The van der Waals surface area contributed by atoms with Crippen LogP contribution in [0.25, 0.3) is 0 Å². The van der Waals surface area contributed by atoms with Crippen LogP contribution in [0.5, 0.6) is 0 Å². The Morgan fingerprint density at radius 2 is 2.00 bits per heavy atom. The van der Waals surface area contributed by atoms with Crippen molar-refractivity contribution in [3.05, 3.63) is 23.2 Å². The topological polar surface area (TPSA) is 76.4 Å². The van der Waals surface area contributed by atoms with Crippen molar-refractivity contribution in [2.75, 3.05) is 36.4 Å². The first-order chi connectivity index (χ1) is 11.0. The monoisotopic (exact) mass is 334 g/mol. The predicted molar refractivity (Wildman–Crippen MR) is 89.4 cm³/mol. The lowest BCUT2D eigenvalue weighted by Crippen LogP contribution is -2.48. The smallest absolute Gasteiger partial charge is 0.238 e. The van der Waals surface area contributed by atoms with Gasteiger partial charge in [0.2, 0.25) is 11.8 Å². The molecule has 0 atom stereocenters. The van der Waals surface area contributed by atoms with Gasteiger partial charge in [-0.3, -0.25) is 9.59 Å². The van der Waals surface area contributed by atoms with Gasteiger partial charge in [-0.25, -0.2) is 0 Å². The van der Waals surface area contributed by atoms with Crippen LogP contribution in [0.1, 0.15) is 19.8 Å². The Labute approximate surface area is 140 Å². The molecule has 1 heterocycles. The van der Waals surface area contributed by atoms with Crippen molar-refractivity contribution < 1.29 is 9.59 Å². The van der Waals surface area contributed by atoms with E-state index < -0.39 is 0 Å². The average Bonchev–Trinajstić information content (AvgIpc) is 2.55. The van der Waals surface area contributed by atoms with Gasteiger partial charge in [0.05, 0.1) is 17.4 Å².